The highest BCUT2D eigenvalue weighted by Crippen LogP contribution is 2.21. The van der Waals surface area contributed by atoms with Crippen LogP contribution in [0.2, 0.25) is 0 Å². The molecule has 1 aromatic rings. The van der Waals surface area contributed by atoms with Crippen LogP contribution >= 0.6 is 15.9 Å². The summed E-state index contributed by atoms with van der Waals surface area (Å²) in [6, 6.07) is 5.36. The smallest absolute Gasteiger partial charge is 0.233 e. The Balaban J connectivity index is 2.76. The van der Waals surface area contributed by atoms with E-state index in [2.05, 4.69) is 26.0 Å². The van der Waals surface area contributed by atoms with Crippen molar-refractivity contribution in [2.45, 2.75) is 6.92 Å². The molecule has 0 aromatic heterocycles. The predicted octanol–water partition coefficient (Wildman–Crippen LogP) is 1.72. The number of hydrogen-bond donors (Lipinski definition) is 2. The standard InChI is InChI=1S/C10H15BrN2O2S/c1-8-3-4-9(7-10(8)11)13-16(14,15)6-5-12-2/h3-4,7,12-13H,5-6H2,1-2H3. The fraction of sp³-hybridized carbons (Fsp3) is 0.400. The van der Waals surface area contributed by atoms with Gasteiger partial charge in [-0.3, -0.25) is 4.72 Å². The molecule has 0 saturated carbocycles. The molecule has 0 heterocycles. The van der Waals surface area contributed by atoms with Gasteiger partial charge in [-0.05, 0) is 31.7 Å². The molecule has 0 fully saturated rings. The van der Waals surface area contributed by atoms with Crippen LogP contribution in [0.25, 0.3) is 0 Å². The summed E-state index contributed by atoms with van der Waals surface area (Å²) in [5.74, 6) is 0.0645. The summed E-state index contributed by atoms with van der Waals surface area (Å²) in [6.07, 6.45) is 0. The van der Waals surface area contributed by atoms with Gasteiger partial charge in [0.05, 0.1) is 5.75 Å². The van der Waals surface area contributed by atoms with E-state index < -0.39 is 10.0 Å². The van der Waals surface area contributed by atoms with Gasteiger partial charge in [0, 0.05) is 16.7 Å². The van der Waals surface area contributed by atoms with Crippen molar-refractivity contribution in [3.05, 3.63) is 28.2 Å². The minimum Gasteiger partial charge on any atom is -0.319 e. The van der Waals surface area contributed by atoms with Gasteiger partial charge in [-0.15, -0.1) is 0 Å². The number of nitrogens with one attached hydrogen (secondary N) is 2. The first-order valence-corrected chi connectivity index (χ1v) is 7.30. The highest BCUT2D eigenvalue weighted by atomic mass is 79.9. The molecule has 0 unspecified atom stereocenters. The van der Waals surface area contributed by atoms with Crippen LogP contribution in [0.5, 0.6) is 0 Å². The summed E-state index contributed by atoms with van der Waals surface area (Å²) in [4.78, 5) is 0. The highest BCUT2D eigenvalue weighted by molar-refractivity contribution is 9.10. The van der Waals surface area contributed by atoms with Crippen LogP contribution in [0.15, 0.2) is 22.7 Å². The van der Waals surface area contributed by atoms with Gasteiger partial charge >= 0.3 is 0 Å². The number of benzene rings is 1. The molecule has 16 heavy (non-hydrogen) atoms. The van der Waals surface area contributed by atoms with Gasteiger partial charge in [0.2, 0.25) is 10.0 Å². The maximum absolute atomic E-state index is 11.6. The number of hydrogen-bond acceptors (Lipinski definition) is 3. The first-order chi connectivity index (χ1) is 7.44. The molecule has 0 aliphatic heterocycles. The van der Waals surface area contributed by atoms with Crippen molar-refractivity contribution in [1.29, 1.82) is 0 Å². The second kappa shape index (κ2) is 5.65. The molecule has 1 rings (SSSR count). The van der Waals surface area contributed by atoms with Gasteiger partial charge in [0.1, 0.15) is 0 Å². The normalized spacial score (nSPS) is 11.4. The third kappa shape index (κ3) is 4.11. The van der Waals surface area contributed by atoms with Crippen LogP contribution in [-0.2, 0) is 10.0 Å². The molecule has 0 saturated heterocycles. The molecule has 0 amide bonds. The Hall–Kier alpha value is -0.590. The Morgan fingerprint density at radius 2 is 2.06 bits per heavy atom. The second-order valence-corrected chi connectivity index (χ2v) is 6.18. The first kappa shape index (κ1) is 13.5. The third-order valence-corrected chi connectivity index (χ3v) is 4.21. The first-order valence-electron chi connectivity index (χ1n) is 4.86. The zero-order chi connectivity index (χ0) is 12.2. The molecule has 90 valence electrons. The van der Waals surface area contributed by atoms with Gasteiger partial charge in [-0.2, -0.15) is 0 Å². The lowest BCUT2D eigenvalue weighted by Gasteiger charge is -2.08. The zero-order valence-electron chi connectivity index (χ0n) is 9.25. The predicted molar refractivity (Wildman–Crippen MR) is 70.2 cm³/mol. The van der Waals surface area contributed by atoms with Crippen molar-refractivity contribution in [3.8, 4) is 0 Å². The van der Waals surface area contributed by atoms with Crippen molar-refractivity contribution in [2.24, 2.45) is 0 Å². The third-order valence-electron chi connectivity index (χ3n) is 2.07. The van der Waals surface area contributed by atoms with E-state index in [1.54, 1.807) is 19.2 Å². The van der Waals surface area contributed by atoms with Gasteiger partial charge in [0.25, 0.3) is 0 Å². The molecular weight excluding hydrogens is 292 g/mol. The monoisotopic (exact) mass is 306 g/mol. The number of sulfonamides is 1. The number of rotatable bonds is 5. The molecule has 6 heteroatoms. The Kier molecular flexibility index (Phi) is 4.76. The van der Waals surface area contributed by atoms with Crippen molar-refractivity contribution < 1.29 is 8.42 Å². The van der Waals surface area contributed by atoms with Crippen molar-refractivity contribution in [3.63, 3.8) is 0 Å². The quantitative estimate of drug-likeness (QED) is 0.871. The van der Waals surface area contributed by atoms with Crippen LogP contribution in [0, 0.1) is 6.92 Å². The van der Waals surface area contributed by atoms with Crippen molar-refractivity contribution in [1.82, 2.24) is 5.32 Å². The van der Waals surface area contributed by atoms with Crippen LogP contribution < -0.4 is 10.0 Å². The fourth-order valence-electron chi connectivity index (χ4n) is 1.12. The maximum Gasteiger partial charge on any atom is 0.233 e. The van der Waals surface area contributed by atoms with E-state index in [9.17, 15) is 8.42 Å². The van der Waals surface area contributed by atoms with Crippen LogP contribution in [0.4, 0.5) is 5.69 Å². The molecule has 0 radical (unpaired) electrons. The lowest BCUT2D eigenvalue weighted by atomic mass is 10.2. The zero-order valence-corrected chi connectivity index (χ0v) is 11.7. The second-order valence-electron chi connectivity index (χ2n) is 3.49. The Morgan fingerprint density at radius 1 is 1.38 bits per heavy atom. The molecule has 4 nitrogen and oxygen atoms in total. The van der Waals surface area contributed by atoms with Crippen molar-refractivity contribution >= 4 is 31.6 Å². The average Bonchev–Trinajstić information content (AvgIpc) is 2.20. The fourth-order valence-corrected chi connectivity index (χ4v) is 2.56. The maximum atomic E-state index is 11.6. The average molecular weight is 307 g/mol. The molecule has 0 atom stereocenters. The van der Waals surface area contributed by atoms with Crippen molar-refractivity contribution in [2.75, 3.05) is 24.1 Å². The van der Waals surface area contributed by atoms with Crippen LogP contribution in [0.1, 0.15) is 5.56 Å². The molecule has 1 aromatic carbocycles. The lowest BCUT2D eigenvalue weighted by Crippen LogP contribution is -2.24. The van der Waals surface area contributed by atoms with Gasteiger partial charge < -0.3 is 5.32 Å². The Labute approximate surface area is 105 Å². The van der Waals surface area contributed by atoms with E-state index >= 15 is 0 Å². The number of halogens is 1. The Bertz CT molecular complexity index is 460. The van der Waals surface area contributed by atoms with Gasteiger partial charge in [-0.25, -0.2) is 8.42 Å². The lowest BCUT2D eigenvalue weighted by molar-refractivity contribution is 0.598. The topological polar surface area (TPSA) is 58.2 Å². The van der Waals surface area contributed by atoms with Crippen LogP contribution in [0.3, 0.4) is 0 Å². The van der Waals surface area contributed by atoms with Gasteiger partial charge in [0.15, 0.2) is 0 Å². The van der Waals surface area contributed by atoms with E-state index in [4.69, 9.17) is 0 Å². The van der Waals surface area contributed by atoms with E-state index in [0.29, 0.717) is 12.2 Å². The summed E-state index contributed by atoms with van der Waals surface area (Å²) in [6.45, 7) is 2.38. The Morgan fingerprint density at radius 3 is 2.62 bits per heavy atom. The van der Waals surface area contributed by atoms with E-state index in [0.717, 1.165) is 10.0 Å². The molecule has 0 aliphatic rings. The molecule has 0 bridgehead atoms. The summed E-state index contributed by atoms with van der Waals surface area (Å²) in [5, 5.41) is 2.80. The molecule has 0 aliphatic carbocycles. The molecular formula is C10H15BrN2O2S. The number of aryl methyl sites for hydroxylation is 1. The van der Waals surface area contributed by atoms with E-state index in [-0.39, 0.29) is 5.75 Å². The molecule has 2 N–H and O–H groups in total. The van der Waals surface area contributed by atoms with E-state index in [1.165, 1.54) is 0 Å². The summed E-state index contributed by atoms with van der Waals surface area (Å²) in [7, 11) is -1.54. The summed E-state index contributed by atoms with van der Waals surface area (Å²) >= 11 is 3.36. The van der Waals surface area contributed by atoms with Gasteiger partial charge in [-0.1, -0.05) is 22.0 Å². The van der Waals surface area contributed by atoms with E-state index in [1.807, 2.05) is 13.0 Å². The SMILES string of the molecule is CNCCS(=O)(=O)Nc1ccc(C)c(Br)c1. The summed E-state index contributed by atoms with van der Waals surface area (Å²) < 4.78 is 26.6. The van der Waals surface area contributed by atoms with Crippen LogP contribution in [-0.4, -0.2) is 27.8 Å². The largest absolute Gasteiger partial charge is 0.319 e. The minimum absolute atomic E-state index is 0.0645. The summed E-state index contributed by atoms with van der Waals surface area (Å²) in [5.41, 5.74) is 1.65. The highest BCUT2D eigenvalue weighted by Gasteiger charge is 2.09. The molecule has 0 spiro atoms. The number of anilines is 1. The minimum atomic E-state index is -3.26.